The Bertz CT molecular complexity index is 839. The SMILES string of the molecule is O=C(/C=C/c1cnn(Cc2ccccc2)c1)Nc1ccc(F)cc1. The fraction of sp³-hybridized carbons (Fsp3) is 0.0526. The molecule has 2 aromatic carbocycles. The molecule has 24 heavy (non-hydrogen) atoms. The van der Waals surface area contributed by atoms with E-state index in [2.05, 4.69) is 10.4 Å². The van der Waals surface area contributed by atoms with Crippen LogP contribution in [0.5, 0.6) is 0 Å². The minimum atomic E-state index is -0.339. The first-order valence-corrected chi connectivity index (χ1v) is 7.50. The van der Waals surface area contributed by atoms with Gasteiger partial charge in [-0.25, -0.2) is 4.39 Å². The average Bonchev–Trinajstić information content (AvgIpc) is 3.03. The zero-order valence-corrected chi connectivity index (χ0v) is 12.9. The van der Waals surface area contributed by atoms with Crippen molar-refractivity contribution < 1.29 is 9.18 Å². The van der Waals surface area contributed by atoms with Gasteiger partial charge in [0.1, 0.15) is 5.82 Å². The van der Waals surface area contributed by atoms with E-state index in [-0.39, 0.29) is 11.7 Å². The molecule has 5 heteroatoms. The van der Waals surface area contributed by atoms with Crippen molar-refractivity contribution >= 4 is 17.7 Å². The molecule has 0 spiro atoms. The molecule has 3 rings (SSSR count). The van der Waals surface area contributed by atoms with E-state index in [1.54, 1.807) is 12.3 Å². The molecule has 0 aliphatic rings. The van der Waals surface area contributed by atoms with Crippen LogP contribution >= 0.6 is 0 Å². The number of hydrogen-bond donors (Lipinski definition) is 1. The number of amides is 1. The van der Waals surface area contributed by atoms with E-state index in [0.717, 1.165) is 11.1 Å². The lowest BCUT2D eigenvalue weighted by atomic mass is 10.2. The first kappa shape index (κ1) is 15.7. The van der Waals surface area contributed by atoms with Gasteiger partial charge in [0, 0.05) is 23.5 Å². The van der Waals surface area contributed by atoms with Gasteiger partial charge in [-0.2, -0.15) is 5.10 Å². The third-order valence-corrected chi connectivity index (χ3v) is 3.38. The van der Waals surface area contributed by atoms with Crippen LogP contribution < -0.4 is 5.32 Å². The Morgan fingerprint density at radius 3 is 2.62 bits per heavy atom. The predicted octanol–water partition coefficient (Wildman–Crippen LogP) is 3.72. The summed E-state index contributed by atoms with van der Waals surface area (Å²) < 4.78 is 14.6. The quantitative estimate of drug-likeness (QED) is 0.728. The van der Waals surface area contributed by atoms with Crippen molar-refractivity contribution in [3.05, 3.63) is 90.0 Å². The molecular weight excluding hydrogens is 305 g/mol. The van der Waals surface area contributed by atoms with Crippen LogP contribution in [0.3, 0.4) is 0 Å². The van der Waals surface area contributed by atoms with Crippen molar-refractivity contribution in [1.82, 2.24) is 9.78 Å². The van der Waals surface area contributed by atoms with Crippen LogP contribution in [0.2, 0.25) is 0 Å². The van der Waals surface area contributed by atoms with Gasteiger partial charge < -0.3 is 5.32 Å². The second-order valence-electron chi connectivity index (χ2n) is 5.29. The predicted molar refractivity (Wildman–Crippen MR) is 91.8 cm³/mol. The molecule has 0 aliphatic carbocycles. The fourth-order valence-corrected chi connectivity index (χ4v) is 2.21. The zero-order chi connectivity index (χ0) is 16.8. The standard InChI is InChI=1S/C19H16FN3O/c20-17-7-9-18(10-8-17)22-19(24)11-6-16-12-21-23(14-16)13-15-4-2-1-3-5-15/h1-12,14H,13H2,(H,22,24)/b11-6+. The van der Waals surface area contributed by atoms with Gasteiger partial charge in [-0.1, -0.05) is 30.3 Å². The van der Waals surface area contributed by atoms with Crippen molar-refractivity contribution in [2.75, 3.05) is 5.32 Å². The number of benzene rings is 2. The Morgan fingerprint density at radius 1 is 1.12 bits per heavy atom. The Morgan fingerprint density at radius 2 is 1.88 bits per heavy atom. The van der Waals surface area contributed by atoms with Gasteiger partial charge in [0.25, 0.3) is 0 Å². The topological polar surface area (TPSA) is 46.9 Å². The van der Waals surface area contributed by atoms with Gasteiger partial charge in [-0.15, -0.1) is 0 Å². The van der Waals surface area contributed by atoms with Gasteiger partial charge in [-0.05, 0) is 35.9 Å². The lowest BCUT2D eigenvalue weighted by Crippen LogP contribution is -2.07. The molecule has 1 N–H and O–H groups in total. The molecule has 0 unspecified atom stereocenters. The largest absolute Gasteiger partial charge is 0.323 e. The maximum atomic E-state index is 12.8. The highest BCUT2D eigenvalue weighted by molar-refractivity contribution is 6.01. The van der Waals surface area contributed by atoms with Crippen LogP contribution in [0.25, 0.3) is 6.08 Å². The average molecular weight is 321 g/mol. The fourth-order valence-electron chi connectivity index (χ4n) is 2.21. The second kappa shape index (κ2) is 7.37. The summed E-state index contributed by atoms with van der Waals surface area (Å²) in [6.45, 7) is 0.677. The minimum absolute atomic E-state index is 0.280. The maximum absolute atomic E-state index is 12.8. The number of rotatable bonds is 5. The third-order valence-electron chi connectivity index (χ3n) is 3.38. The Hall–Kier alpha value is -3.21. The van der Waals surface area contributed by atoms with E-state index in [0.29, 0.717) is 12.2 Å². The molecule has 0 bridgehead atoms. The Labute approximate surface area is 139 Å². The molecule has 1 heterocycles. The summed E-state index contributed by atoms with van der Waals surface area (Å²) in [5.74, 6) is -0.619. The smallest absolute Gasteiger partial charge is 0.248 e. The van der Waals surface area contributed by atoms with Gasteiger partial charge >= 0.3 is 0 Å². The summed E-state index contributed by atoms with van der Waals surface area (Å²) in [4.78, 5) is 11.8. The number of carbonyl (C=O) groups is 1. The first-order valence-electron chi connectivity index (χ1n) is 7.50. The van der Waals surface area contributed by atoms with E-state index in [9.17, 15) is 9.18 Å². The normalized spacial score (nSPS) is 10.9. The molecule has 0 saturated heterocycles. The van der Waals surface area contributed by atoms with E-state index in [1.807, 2.05) is 41.2 Å². The summed E-state index contributed by atoms with van der Waals surface area (Å²) in [5, 5.41) is 6.94. The summed E-state index contributed by atoms with van der Waals surface area (Å²) in [6, 6.07) is 15.6. The molecule has 4 nitrogen and oxygen atoms in total. The summed E-state index contributed by atoms with van der Waals surface area (Å²) in [6.07, 6.45) is 6.68. The number of nitrogens with one attached hydrogen (secondary N) is 1. The highest BCUT2D eigenvalue weighted by Crippen LogP contribution is 2.09. The lowest BCUT2D eigenvalue weighted by Gasteiger charge is -2.01. The number of halogens is 1. The van der Waals surface area contributed by atoms with Crippen molar-refractivity contribution in [3.8, 4) is 0 Å². The van der Waals surface area contributed by atoms with E-state index in [4.69, 9.17) is 0 Å². The Kier molecular flexibility index (Phi) is 4.81. The van der Waals surface area contributed by atoms with E-state index < -0.39 is 0 Å². The summed E-state index contributed by atoms with van der Waals surface area (Å²) >= 11 is 0. The van der Waals surface area contributed by atoms with Crippen LogP contribution in [-0.4, -0.2) is 15.7 Å². The lowest BCUT2D eigenvalue weighted by molar-refractivity contribution is -0.111. The molecule has 0 aliphatic heterocycles. The molecule has 1 amide bonds. The van der Waals surface area contributed by atoms with E-state index in [1.165, 1.54) is 30.3 Å². The van der Waals surface area contributed by atoms with Crippen molar-refractivity contribution in [2.24, 2.45) is 0 Å². The molecule has 0 saturated carbocycles. The summed E-state index contributed by atoms with van der Waals surface area (Å²) in [5.41, 5.74) is 2.54. The number of hydrogen-bond acceptors (Lipinski definition) is 2. The molecule has 0 radical (unpaired) electrons. The summed E-state index contributed by atoms with van der Waals surface area (Å²) in [7, 11) is 0. The highest BCUT2D eigenvalue weighted by Gasteiger charge is 2.00. The highest BCUT2D eigenvalue weighted by atomic mass is 19.1. The van der Waals surface area contributed by atoms with Crippen LogP contribution in [0, 0.1) is 5.82 Å². The number of anilines is 1. The monoisotopic (exact) mass is 321 g/mol. The third kappa shape index (κ3) is 4.39. The molecule has 0 atom stereocenters. The number of aromatic nitrogens is 2. The van der Waals surface area contributed by atoms with Crippen molar-refractivity contribution in [3.63, 3.8) is 0 Å². The number of carbonyl (C=O) groups excluding carboxylic acids is 1. The van der Waals surface area contributed by atoms with Crippen LogP contribution in [0.4, 0.5) is 10.1 Å². The zero-order valence-electron chi connectivity index (χ0n) is 12.9. The van der Waals surface area contributed by atoms with Crippen molar-refractivity contribution in [2.45, 2.75) is 6.54 Å². The minimum Gasteiger partial charge on any atom is -0.323 e. The van der Waals surface area contributed by atoms with Crippen LogP contribution in [0.15, 0.2) is 73.1 Å². The van der Waals surface area contributed by atoms with Crippen LogP contribution in [-0.2, 0) is 11.3 Å². The van der Waals surface area contributed by atoms with Gasteiger partial charge in [0.2, 0.25) is 5.91 Å². The van der Waals surface area contributed by atoms with Crippen molar-refractivity contribution in [1.29, 1.82) is 0 Å². The first-order chi connectivity index (χ1) is 11.7. The molecule has 0 fully saturated rings. The number of nitrogens with zero attached hydrogens (tertiary/aromatic N) is 2. The molecular formula is C19H16FN3O. The Balaban J connectivity index is 1.58. The van der Waals surface area contributed by atoms with Gasteiger partial charge in [0.15, 0.2) is 0 Å². The molecule has 3 aromatic rings. The van der Waals surface area contributed by atoms with Gasteiger partial charge in [0.05, 0.1) is 12.7 Å². The maximum Gasteiger partial charge on any atom is 0.248 e. The second-order valence-corrected chi connectivity index (χ2v) is 5.29. The van der Waals surface area contributed by atoms with Crippen LogP contribution in [0.1, 0.15) is 11.1 Å². The molecule has 1 aromatic heterocycles. The van der Waals surface area contributed by atoms with Gasteiger partial charge in [-0.3, -0.25) is 9.48 Å². The van der Waals surface area contributed by atoms with E-state index >= 15 is 0 Å². The molecule has 120 valence electrons.